The lowest BCUT2D eigenvalue weighted by molar-refractivity contribution is 0.208. The minimum absolute atomic E-state index is 0.393. The number of hydrogen-bond acceptors (Lipinski definition) is 2. The summed E-state index contributed by atoms with van der Waals surface area (Å²) < 4.78 is 1.03. The fourth-order valence-corrected chi connectivity index (χ4v) is 3.33. The van der Waals surface area contributed by atoms with Crippen molar-refractivity contribution in [3.8, 4) is 0 Å². The van der Waals surface area contributed by atoms with Crippen molar-refractivity contribution in [2.45, 2.75) is 31.8 Å². The van der Waals surface area contributed by atoms with Gasteiger partial charge in [0.25, 0.3) is 0 Å². The molecule has 1 heterocycles. The molecule has 1 atom stereocenters. The number of aliphatic hydroxyl groups is 1. The Kier molecular flexibility index (Phi) is 3.42. The average molecular weight is 273 g/mol. The van der Waals surface area contributed by atoms with Crippen LogP contribution in [0.25, 0.3) is 0 Å². The van der Waals surface area contributed by atoms with E-state index in [0.717, 1.165) is 22.9 Å². The van der Waals surface area contributed by atoms with Crippen molar-refractivity contribution >= 4 is 27.3 Å². The van der Waals surface area contributed by atoms with Gasteiger partial charge in [-0.1, -0.05) is 6.08 Å². The number of halogens is 1. The van der Waals surface area contributed by atoms with E-state index in [9.17, 15) is 5.11 Å². The fourth-order valence-electron chi connectivity index (χ4n) is 1.80. The highest BCUT2D eigenvalue weighted by Crippen LogP contribution is 2.35. The van der Waals surface area contributed by atoms with Crippen molar-refractivity contribution in [1.29, 1.82) is 0 Å². The molecule has 3 heteroatoms. The standard InChI is InChI=1S/C11H13BrOS/c12-10-7-14-6-9(10)11(13)8-4-2-1-3-5-8/h4,6-7,11,13H,1-3,5H2. The van der Waals surface area contributed by atoms with E-state index < -0.39 is 6.10 Å². The van der Waals surface area contributed by atoms with Gasteiger partial charge in [-0.25, -0.2) is 0 Å². The van der Waals surface area contributed by atoms with E-state index in [1.54, 1.807) is 11.3 Å². The molecule has 1 aliphatic rings. The molecular weight excluding hydrogens is 260 g/mol. The van der Waals surface area contributed by atoms with Crippen molar-refractivity contribution in [3.63, 3.8) is 0 Å². The zero-order valence-electron chi connectivity index (χ0n) is 7.87. The average Bonchev–Trinajstić information content (AvgIpc) is 2.65. The Bertz CT molecular complexity index is 343. The van der Waals surface area contributed by atoms with E-state index in [0.29, 0.717) is 0 Å². The van der Waals surface area contributed by atoms with Gasteiger partial charge in [0.15, 0.2) is 0 Å². The van der Waals surface area contributed by atoms with Gasteiger partial charge < -0.3 is 5.11 Å². The minimum Gasteiger partial charge on any atom is -0.384 e. The molecule has 14 heavy (non-hydrogen) atoms. The summed E-state index contributed by atoms with van der Waals surface area (Å²) in [6.45, 7) is 0. The van der Waals surface area contributed by atoms with Crippen molar-refractivity contribution in [2.24, 2.45) is 0 Å². The molecule has 0 bridgehead atoms. The molecule has 1 aromatic heterocycles. The molecule has 1 unspecified atom stereocenters. The topological polar surface area (TPSA) is 20.2 Å². The third-order valence-electron chi connectivity index (χ3n) is 2.61. The van der Waals surface area contributed by atoms with Crippen molar-refractivity contribution < 1.29 is 5.11 Å². The molecule has 0 aromatic carbocycles. The molecule has 0 saturated heterocycles. The number of hydrogen-bond donors (Lipinski definition) is 1. The van der Waals surface area contributed by atoms with Gasteiger partial charge >= 0.3 is 0 Å². The van der Waals surface area contributed by atoms with Crippen LogP contribution in [0.4, 0.5) is 0 Å². The van der Waals surface area contributed by atoms with Gasteiger partial charge in [-0.15, -0.1) is 0 Å². The predicted molar refractivity (Wildman–Crippen MR) is 63.5 cm³/mol. The van der Waals surface area contributed by atoms with Gasteiger partial charge in [0.1, 0.15) is 6.10 Å². The summed E-state index contributed by atoms with van der Waals surface area (Å²) in [7, 11) is 0. The Morgan fingerprint density at radius 1 is 1.36 bits per heavy atom. The molecule has 1 aromatic rings. The zero-order valence-corrected chi connectivity index (χ0v) is 10.3. The van der Waals surface area contributed by atoms with Crippen LogP contribution in [-0.2, 0) is 0 Å². The normalized spacial score (nSPS) is 19.1. The summed E-state index contributed by atoms with van der Waals surface area (Å²) in [6, 6.07) is 0. The van der Waals surface area contributed by atoms with Gasteiger partial charge in [0, 0.05) is 15.4 Å². The summed E-state index contributed by atoms with van der Waals surface area (Å²) in [5.74, 6) is 0. The van der Waals surface area contributed by atoms with Crippen molar-refractivity contribution in [2.75, 3.05) is 0 Å². The van der Waals surface area contributed by atoms with E-state index in [4.69, 9.17) is 0 Å². The summed E-state index contributed by atoms with van der Waals surface area (Å²) in [5, 5.41) is 14.2. The number of aliphatic hydroxyl groups excluding tert-OH is 1. The second kappa shape index (κ2) is 4.60. The molecule has 2 rings (SSSR count). The lowest BCUT2D eigenvalue weighted by Gasteiger charge is -2.18. The van der Waals surface area contributed by atoms with Gasteiger partial charge in [-0.2, -0.15) is 11.3 Å². The number of thiophene rings is 1. The minimum atomic E-state index is -0.393. The van der Waals surface area contributed by atoms with Crippen LogP contribution in [-0.4, -0.2) is 5.11 Å². The van der Waals surface area contributed by atoms with Gasteiger partial charge in [0.2, 0.25) is 0 Å². The molecular formula is C11H13BrOS. The Labute approximate surface area is 96.6 Å². The Hall–Kier alpha value is -0.120. The molecule has 76 valence electrons. The Morgan fingerprint density at radius 3 is 2.79 bits per heavy atom. The predicted octanol–water partition coefficient (Wildman–Crippen LogP) is 4.04. The highest BCUT2D eigenvalue weighted by Gasteiger charge is 2.17. The number of allylic oxidation sites excluding steroid dienone is 1. The van der Waals surface area contributed by atoms with E-state index in [1.807, 2.05) is 10.8 Å². The van der Waals surface area contributed by atoms with E-state index in [1.165, 1.54) is 18.4 Å². The lowest BCUT2D eigenvalue weighted by atomic mass is 9.93. The summed E-state index contributed by atoms with van der Waals surface area (Å²) in [4.78, 5) is 0. The van der Waals surface area contributed by atoms with E-state index in [2.05, 4.69) is 22.0 Å². The van der Waals surface area contributed by atoms with Crippen LogP contribution in [0.15, 0.2) is 26.9 Å². The SMILES string of the molecule is OC(C1=CCCCC1)c1cscc1Br. The fraction of sp³-hybridized carbons (Fsp3) is 0.455. The van der Waals surface area contributed by atoms with Crippen LogP contribution in [0.5, 0.6) is 0 Å². The molecule has 0 fully saturated rings. The molecule has 0 amide bonds. The Balaban J connectivity index is 2.19. The second-order valence-electron chi connectivity index (χ2n) is 3.60. The first kappa shape index (κ1) is 10.4. The second-order valence-corrected chi connectivity index (χ2v) is 5.20. The van der Waals surface area contributed by atoms with Gasteiger partial charge in [-0.05, 0) is 52.6 Å². The maximum atomic E-state index is 10.1. The van der Waals surface area contributed by atoms with Crippen molar-refractivity contribution in [3.05, 3.63) is 32.4 Å². The van der Waals surface area contributed by atoms with E-state index in [-0.39, 0.29) is 0 Å². The van der Waals surface area contributed by atoms with Crippen molar-refractivity contribution in [1.82, 2.24) is 0 Å². The van der Waals surface area contributed by atoms with Crippen LogP contribution < -0.4 is 0 Å². The first-order valence-electron chi connectivity index (χ1n) is 4.87. The molecule has 1 N–H and O–H groups in total. The molecule has 0 spiro atoms. The third kappa shape index (κ3) is 2.10. The largest absolute Gasteiger partial charge is 0.384 e. The van der Waals surface area contributed by atoms with Crippen LogP contribution in [0.1, 0.15) is 37.4 Å². The first-order chi connectivity index (χ1) is 6.79. The lowest BCUT2D eigenvalue weighted by Crippen LogP contribution is -2.04. The molecule has 0 aliphatic heterocycles. The van der Waals surface area contributed by atoms with E-state index >= 15 is 0 Å². The number of rotatable bonds is 2. The summed E-state index contributed by atoms with van der Waals surface area (Å²) in [5.41, 5.74) is 2.21. The van der Waals surface area contributed by atoms with Crippen LogP contribution in [0.2, 0.25) is 0 Å². The quantitative estimate of drug-likeness (QED) is 0.806. The first-order valence-corrected chi connectivity index (χ1v) is 6.61. The summed E-state index contributed by atoms with van der Waals surface area (Å²) in [6.07, 6.45) is 6.44. The van der Waals surface area contributed by atoms with Gasteiger partial charge in [-0.3, -0.25) is 0 Å². The summed E-state index contributed by atoms with van der Waals surface area (Å²) >= 11 is 5.08. The molecule has 1 nitrogen and oxygen atoms in total. The maximum Gasteiger partial charge on any atom is 0.102 e. The third-order valence-corrected chi connectivity index (χ3v) is 4.37. The smallest absolute Gasteiger partial charge is 0.102 e. The van der Waals surface area contributed by atoms with Crippen LogP contribution >= 0.6 is 27.3 Å². The molecule has 0 saturated carbocycles. The maximum absolute atomic E-state index is 10.1. The molecule has 1 aliphatic carbocycles. The van der Waals surface area contributed by atoms with Crippen LogP contribution in [0.3, 0.4) is 0 Å². The monoisotopic (exact) mass is 272 g/mol. The zero-order chi connectivity index (χ0) is 9.97. The highest BCUT2D eigenvalue weighted by atomic mass is 79.9. The van der Waals surface area contributed by atoms with Crippen LogP contribution in [0, 0.1) is 0 Å². The Morgan fingerprint density at radius 2 is 2.21 bits per heavy atom. The highest BCUT2D eigenvalue weighted by molar-refractivity contribution is 9.10. The van der Waals surface area contributed by atoms with Gasteiger partial charge in [0.05, 0.1) is 0 Å². The molecule has 0 radical (unpaired) electrons.